The molecule has 1 aliphatic carbocycles. The highest BCUT2D eigenvalue weighted by Crippen LogP contribution is 2.50. The molecule has 0 aromatic heterocycles. The van der Waals surface area contributed by atoms with Gasteiger partial charge in [0.15, 0.2) is 0 Å². The molecule has 1 rings (SSSR count). The highest BCUT2D eigenvalue weighted by molar-refractivity contribution is 8.02. The van der Waals surface area contributed by atoms with E-state index in [0.717, 1.165) is 18.6 Å². The topological polar surface area (TPSA) is 37.3 Å². The van der Waals surface area contributed by atoms with Gasteiger partial charge in [-0.25, -0.2) is 0 Å². The fraction of sp³-hybridized carbons (Fsp3) is 0.900. The molecule has 82 valence electrons. The Bertz CT molecular complexity index is 191. The second-order valence-electron chi connectivity index (χ2n) is 3.82. The SMILES string of the molecule is CCSCCSCC1(CC(=O)O)CC1. The minimum Gasteiger partial charge on any atom is -0.481 e. The second-order valence-corrected chi connectivity index (χ2v) is 6.32. The summed E-state index contributed by atoms with van der Waals surface area (Å²) in [6.07, 6.45) is 2.61. The van der Waals surface area contributed by atoms with Gasteiger partial charge >= 0.3 is 5.97 Å². The summed E-state index contributed by atoms with van der Waals surface area (Å²) in [5, 5.41) is 8.72. The third kappa shape index (κ3) is 4.60. The molecule has 14 heavy (non-hydrogen) atoms. The van der Waals surface area contributed by atoms with E-state index in [0.29, 0.717) is 6.42 Å². The average molecular weight is 234 g/mol. The molecule has 0 aliphatic heterocycles. The van der Waals surface area contributed by atoms with E-state index in [1.54, 1.807) is 0 Å². The van der Waals surface area contributed by atoms with E-state index in [4.69, 9.17) is 5.11 Å². The number of aliphatic carboxylic acids is 1. The number of hydrogen-bond acceptors (Lipinski definition) is 3. The molecule has 0 aromatic rings. The molecule has 0 amide bonds. The first-order chi connectivity index (χ1) is 6.68. The minimum absolute atomic E-state index is 0.174. The smallest absolute Gasteiger partial charge is 0.303 e. The second kappa shape index (κ2) is 5.91. The molecule has 0 radical (unpaired) electrons. The van der Waals surface area contributed by atoms with Crippen LogP contribution in [0.5, 0.6) is 0 Å². The number of carboxylic acid groups (broad SMARTS) is 1. The standard InChI is InChI=1S/C10H18O2S2/c1-2-13-5-6-14-8-10(3-4-10)7-9(11)12/h2-8H2,1H3,(H,11,12). The Morgan fingerprint density at radius 2 is 2.00 bits per heavy atom. The molecule has 0 saturated heterocycles. The lowest BCUT2D eigenvalue weighted by molar-refractivity contribution is -0.138. The predicted molar refractivity (Wildman–Crippen MR) is 64.2 cm³/mol. The third-order valence-corrected chi connectivity index (χ3v) is 4.94. The molecule has 1 fully saturated rings. The monoisotopic (exact) mass is 234 g/mol. The summed E-state index contributed by atoms with van der Waals surface area (Å²) in [4.78, 5) is 10.6. The molecule has 0 bridgehead atoms. The van der Waals surface area contributed by atoms with Crippen molar-refractivity contribution in [3.63, 3.8) is 0 Å². The first-order valence-corrected chi connectivity index (χ1v) is 7.37. The van der Waals surface area contributed by atoms with Crippen LogP contribution in [0.2, 0.25) is 0 Å². The highest BCUT2D eigenvalue weighted by atomic mass is 32.2. The van der Waals surface area contributed by atoms with Crippen molar-refractivity contribution in [3.05, 3.63) is 0 Å². The Kier molecular flexibility index (Phi) is 5.17. The lowest BCUT2D eigenvalue weighted by Crippen LogP contribution is -2.11. The van der Waals surface area contributed by atoms with Crippen LogP contribution in [0.4, 0.5) is 0 Å². The molecule has 2 nitrogen and oxygen atoms in total. The number of thioether (sulfide) groups is 2. The molecule has 0 spiro atoms. The Labute approximate surface area is 94.2 Å². The first kappa shape index (κ1) is 12.2. The van der Waals surface area contributed by atoms with Crippen LogP contribution in [0.1, 0.15) is 26.2 Å². The van der Waals surface area contributed by atoms with Crippen molar-refractivity contribution in [1.82, 2.24) is 0 Å². The van der Waals surface area contributed by atoms with E-state index in [1.807, 2.05) is 23.5 Å². The molecule has 4 heteroatoms. The number of carbonyl (C=O) groups is 1. The van der Waals surface area contributed by atoms with E-state index in [-0.39, 0.29) is 5.41 Å². The van der Waals surface area contributed by atoms with Crippen LogP contribution < -0.4 is 0 Å². The van der Waals surface area contributed by atoms with Crippen molar-refractivity contribution in [1.29, 1.82) is 0 Å². The molecule has 0 aromatic carbocycles. The summed E-state index contributed by atoms with van der Waals surface area (Å²) in [5.74, 6) is 3.96. The Morgan fingerprint density at radius 3 is 2.50 bits per heavy atom. The summed E-state index contributed by atoms with van der Waals surface area (Å²) >= 11 is 3.88. The van der Waals surface area contributed by atoms with Crippen molar-refractivity contribution in [2.75, 3.05) is 23.0 Å². The first-order valence-electron chi connectivity index (χ1n) is 5.06. The predicted octanol–water partition coefficient (Wildman–Crippen LogP) is 2.73. The normalized spacial score (nSPS) is 18.1. The van der Waals surface area contributed by atoms with E-state index >= 15 is 0 Å². The van der Waals surface area contributed by atoms with Crippen LogP contribution in [0.3, 0.4) is 0 Å². The average Bonchev–Trinajstić information content (AvgIpc) is 2.84. The summed E-state index contributed by atoms with van der Waals surface area (Å²) in [5.41, 5.74) is 0.174. The fourth-order valence-electron chi connectivity index (χ4n) is 1.42. The van der Waals surface area contributed by atoms with Crippen LogP contribution >= 0.6 is 23.5 Å². The third-order valence-electron chi connectivity index (χ3n) is 2.47. The summed E-state index contributed by atoms with van der Waals surface area (Å²) in [7, 11) is 0. The zero-order valence-electron chi connectivity index (χ0n) is 8.62. The van der Waals surface area contributed by atoms with Gasteiger partial charge in [-0.1, -0.05) is 6.92 Å². The zero-order chi connectivity index (χ0) is 10.4. The molecule has 0 heterocycles. The van der Waals surface area contributed by atoms with Crippen molar-refractivity contribution in [3.8, 4) is 0 Å². The van der Waals surface area contributed by atoms with Gasteiger partial charge in [0.25, 0.3) is 0 Å². The Morgan fingerprint density at radius 1 is 1.36 bits per heavy atom. The van der Waals surface area contributed by atoms with Gasteiger partial charge in [-0.15, -0.1) is 0 Å². The van der Waals surface area contributed by atoms with E-state index in [2.05, 4.69) is 6.92 Å². The maximum atomic E-state index is 10.6. The van der Waals surface area contributed by atoms with Gasteiger partial charge < -0.3 is 5.11 Å². The zero-order valence-corrected chi connectivity index (χ0v) is 10.3. The van der Waals surface area contributed by atoms with Crippen molar-refractivity contribution in [2.24, 2.45) is 5.41 Å². The van der Waals surface area contributed by atoms with Crippen LogP contribution in [-0.4, -0.2) is 34.1 Å². The van der Waals surface area contributed by atoms with Gasteiger partial charge in [-0.2, -0.15) is 23.5 Å². The molecular weight excluding hydrogens is 216 g/mol. The van der Waals surface area contributed by atoms with Gasteiger partial charge in [-0.05, 0) is 29.8 Å². The molecule has 0 unspecified atom stereocenters. The van der Waals surface area contributed by atoms with Gasteiger partial charge in [0.1, 0.15) is 0 Å². The maximum absolute atomic E-state index is 10.6. The van der Waals surface area contributed by atoms with Crippen LogP contribution in [0.25, 0.3) is 0 Å². The minimum atomic E-state index is -0.633. The fourth-order valence-corrected chi connectivity index (χ4v) is 3.62. The van der Waals surface area contributed by atoms with Crippen LogP contribution in [0, 0.1) is 5.41 Å². The van der Waals surface area contributed by atoms with Gasteiger partial charge in [0.05, 0.1) is 6.42 Å². The number of carboxylic acids is 1. The molecule has 0 atom stereocenters. The quantitative estimate of drug-likeness (QED) is 0.655. The van der Waals surface area contributed by atoms with Gasteiger partial charge in [-0.3, -0.25) is 4.79 Å². The molecule has 1 aliphatic rings. The Balaban J connectivity index is 2.03. The lowest BCUT2D eigenvalue weighted by atomic mass is 10.1. The van der Waals surface area contributed by atoms with E-state index in [1.165, 1.54) is 17.3 Å². The van der Waals surface area contributed by atoms with Crippen LogP contribution in [-0.2, 0) is 4.79 Å². The highest BCUT2D eigenvalue weighted by Gasteiger charge is 2.43. The van der Waals surface area contributed by atoms with E-state index < -0.39 is 5.97 Å². The summed E-state index contributed by atoms with van der Waals surface area (Å²) in [6, 6.07) is 0. The Hall–Kier alpha value is 0.170. The maximum Gasteiger partial charge on any atom is 0.303 e. The summed E-state index contributed by atoms with van der Waals surface area (Å²) < 4.78 is 0. The lowest BCUT2D eigenvalue weighted by Gasteiger charge is -2.11. The van der Waals surface area contributed by atoms with Gasteiger partial charge in [0, 0.05) is 11.5 Å². The van der Waals surface area contributed by atoms with Crippen molar-refractivity contribution in [2.45, 2.75) is 26.2 Å². The van der Waals surface area contributed by atoms with Crippen molar-refractivity contribution < 1.29 is 9.90 Å². The van der Waals surface area contributed by atoms with Crippen molar-refractivity contribution >= 4 is 29.5 Å². The number of hydrogen-bond donors (Lipinski definition) is 1. The van der Waals surface area contributed by atoms with E-state index in [9.17, 15) is 4.79 Å². The van der Waals surface area contributed by atoms with Crippen LogP contribution in [0.15, 0.2) is 0 Å². The summed E-state index contributed by atoms with van der Waals surface area (Å²) in [6.45, 7) is 2.17. The number of rotatable bonds is 8. The largest absolute Gasteiger partial charge is 0.481 e. The molecule has 1 N–H and O–H groups in total. The molecule has 1 saturated carbocycles. The van der Waals surface area contributed by atoms with Gasteiger partial charge in [0.2, 0.25) is 0 Å². The molecular formula is C10H18O2S2.